The molecule has 0 heterocycles. The van der Waals surface area contributed by atoms with Crippen molar-refractivity contribution in [1.82, 2.24) is 16.1 Å². The molecule has 2 amide bonds. The summed E-state index contributed by atoms with van der Waals surface area (Å²) in [6.07, 6.45) is 3.18. The molecule has 0 aromatic heterocycles. The Morgan fingerprint density at radius 3 is 2.55 bits per heavy atom. The van der Waals surface area contributed by atoms with Crippen molar-refractivity contribution in [2.75, 3.05) is 39.5 Å². The molecule has 0 aromatic carbocycles. The van der Waals surface area contributed by atoms with E-state index in [1.807, 2.05) is 5.48 Å². The van der Waals surface area contributed by atoms with E-state index >= 15 is 0 Å². The highest BCUT2D eigenvalue weighted by Crippen LogP contribution is 1.97. The Hall–Kier alpha value is -1.55. The Morgan fingerprint density at radius 2 is 1.86 bits per heavy atom. The van der Waals surface area contributed by atoms with Gasteiger partial charge in [0.1, 0.15) is 12.9 Å². The van der Waals surface area contributed by atoms with E-state index < -0.39 is 6.04 Å². The van der Waals surface area contributed by atoms with Crippen LogP contribution in [0.15, 0.2) is 0 Å². The second-order valence-corrected chi connectivity index (χ2v) is 4.45. The van der Waals surface area contributed by atoms with Crippen LogP contribution in [0, 0.1) is 0 Å². The molecule has 0 aliphatic carbocycles. The number of ether oxygens (including phenoxy) is 2. The minimum Gasteiger partial charge on any atom is -0.377 e. The summed E-state index contributed by atoms with van der Waals surface area (Å²) in [5, 5.41) is 13.7. The summed E-state index contributed by atoms with van der Waals surface area (Å²) in [4.78, 5) is 31.7. The number of unbranched alkanes of at least 4 members (excludes halogenated alkanes) is 1. The van der Waals surface area contributed by atoms with Crippen molar-refractivity contribution in [3.05, 3.63) is 0 Å². The summed E-state index contributed by atoms with van der Waals surface area (Å²) in [7, 11) is 0. The standard InChI is InChI=1S/C13H25N3O6/c17-9-12(16-20)3-1-2-4-15-13(19)10-22-8-7-21-6-5-14-11-18/h9,11-12,16,20H,1-8,10H2,(H,14,18)(H,15,19). The third-order valence-corrected chi connectivity index (χ3v) is 2.67. The molecule has 0 aromatic rings. The van der Waals surface area contributed by atoms with Crippen LogP contribution in [-0.2, 0) is 23.9 Å². The largest absolute Gasteiger partial charge is 0.377 e. The predicted molar refractivity (Wildman–Crippen MR) is 77.3 cm³/mol. The van der Waals surface area contributed by atoms with Crippen LogP contribution in [0.4, 0.5) is 0 Å². The van der Waals surface area contributed by atoms with Crippen LogP contribution in [0.5, 0.6) is 0 Å². The topological polar surface area (TPSA) is 126 Å². The monoisotopic (exact) mass is 319 g/mol. The molecule has 0 saturated carbocycles. The molecule has 1 unspecified atom stereocenters. The van der Waals surface area contributed by atoms with Gasteiger partial charge in [0, 0.05) is 13.1 Å². The fraction of sp³-hybridized carbons (Fsp3) is 0.769. The molecule has 1 atom stereocenters. The lowest BCUT2D eigenvalue weighted by Crippen LogP contribution is -2.30. The first kappa shape index (κ1) is 20.5. The van der Waals surface area contributed by atoms with Crippen molar-refractivity contribution in [3.63, 3.8) is 0 Å². The van der Waals surface area contributed by atoms with Gasteiger partial charge in [0.25, 0.3) is 0 Å². The van der Waals surface area contributed by atoms with Gasteiger partial charge in [-0.15, -0.1) is 0 Å². The van der Waals surface area contributed by atoms with Crippen LogP contribution < -0.4 is 16.1 Å². The first-order valence-electron chi connectivity index (χ1n) is 7.18. The second kappa shape index (κ2) is 15.8. The van der Waals surface area contributed by atoms with E-state index in [-0.39, 0.29) is 12.5 Å². The first-order valence-corrected chi connectivity index (χ1v) is 7.18. The second-order valence-electron chi connectivity index (χ2n) is 4.45. The Bertz CT molecular complexity index is 304. The van der Waals surface area contributed by atoms with Crippen molar-refractivity contribution in [3.8, 4) is 0 Å². The first-order chi connectivity index (χ1) is 10.7. The summed E-state index contributed by atoms with van der Waals surface area (Å²) >= 11 is 0. The van der Waals surface area contributed by atoms with Crippen molar-refractivity contribution in [2.24, 2.45) is 0 Å². The van der Waals surface area contributed by atoms with Gasteiger partial charge in [0.15, 0.2) is 0 Å². The van der Waals surface area contributed by atoms with Crippen molar-refractivity contribution in [2.45, 2.75) is 25.3 Å². The maximum atomic E-state index is 11.4. The number of carbonyl (C=O) groups is 3. The third-order valence-electron chi connectivity index (χ3n) is 2.67. The molecule has 0 radical (unpaired) electrons. The molecule has 0 rings (SSSR count). The van der Waals surface area contributed by atoms with E-state index in [9.17, 15) is 14.4 Å². The van der Waals surface area contributed by atoms with Crippen LogP contribution in [0.1, 0.15) is 19.3 Å². The summed E-state index contributed by atoms with van der Waals surface area (Å²) in [6.45, 7) is 1.96. The molecule has 0 bridgehead atoms. The number of nitrogens with one attached hydrogen (secondary N) is 3. The number of aldehydes is 1. The van der Waals surface area contributed by atoms with Crippen molar-refractivity contribution in [1.29, 1.82) is 0 Å². The molecular weight excluding hydrogens is 294 g/mol. The zero-order valence-corrected chi connectivity index (χ0v) is 12.6. The van der Waals surface area contributed by atoms with E-state index in [4.69, 9.17) is 14.7 Å². The van der Waals surface area contributed by atoms with Gasteiger partial charge in [0.2, 0.25) is 12.3 Å². The molecule has 0 aliphatic rings. The minimum absolute atomic E-state index is 0.0366. The van der Waals surface area contributed by atoms with Gasteiger partial charge in [-0.2, -0.15) is 5.48 Å². The van der Waals surface area contributed by atoms with E-state index in [1.165, 1.54) is 0 Å². The average Bonchev–Trinajstić information content (AvgIpc) is 2.53. The Kier molecular flexibility index (Phi) is 14.7. The van der Waals surface area contributed by atoms with Crippen molar-refractivity contribution >= 4 is 18.6 Å². The zero-order valence-electron chi connectivity index (χ0n) is 12.6. The molecule has 0 fully saturated rings. The summed E-state index contributed by atoms with van der Waals surface area (Å²) in [6, 6.07) is -0.555. The molecule has 0 saturated heterocycles. The Labute approximate surface area is 129 Å². The minimum atomic E-state index is -0.555. The molecule has 4 N–H and O–H groups in total. The Morgan fingerprint density at radius 1 is 1.09 bits per heavy atom. The van der Waals surface area contributed by atoms with Crippen LogP contribution in [0.25, 0.3) is 0 Å². The third kappa shape index (κ3) is 13.4. The van der Waals surface area contributed by atoms with Gasteiger partial charge in [-0.3, -0.25) is 9.59 Å². The van der Waals surface area contributed by atoms with E-state index in [0.717, 1.165) is 0 Å². The lowest BCUT2D eigenvalue weighted by atomic mass is 10.1. The number of rotatable bonds is 16. The number of hydroxylamine groups is 1. The quantitative estimate of drug-likeness (QED) is 0.157. The number of hydrogen-bond acceptors (Lipinski definition) is 7. The summed E-state index contributed by atoms with van der Waals surface area (Å²) in [5.41, 5.74) is 1.90. The zero-order chi connectivity index (χ0) is 16.5. The van der Waals surface area contributed by atoms with Gasteiger partial charge < -0.3 is 30.1 Å². The van der Waals surface area contributed by atoms with Crippen LogP contribution in [0.3, 0.4) is 0 Å². The average molecular weight is 319 g/mol. The van der Waals surface area contributed by atoms with E-state index in [0.29, 0.717) is 64.9 Å². The molecule has 9 nitrogen and oxygen atoms in total. The maximum absolute atomic E-state index is 11.4. The van der Waals surface area contributed by atoms with Gasteiger partial charge >= 0.3 is 0 Å². The smallest absolute Gasteiger partial charge is 0.245 e. The van der Waals surface area contributed by atoms with Crippen LogP contribution in [0.2, 0.25) is 0 Å². The highest BCUT2D eigenvalue weighted by atomic mass is 16.5. The van der Waals surface area contributed by atoms with E-state index in [1.54, 1.807) is 0 Å². The van der Waals surface area contributed by atoms with Gasteiger partial charge in [0.05, 0.1) is 25.9 Å². The lowest BCUT2D eigenvalue weighted by molar-refractivity contribution is -0.126. The van der Waals surface area contributed by atoms with Crippen molar-refractivity contribution < 1.29 is 29.1 Å². The molecular formula is C13H25N3O6. The van der Waals surface area contributed by atoms with Gasteiger partial charge in [-0.25, -0.2) is 0 Å². The summed E-state index contributed by atoms with van der Waals surface area (Å²) < 4.78 is 10.3. The van der Waals surface area contributed by atoms with Crippen LogP contribution >= 0.6 is 0 Å². The molecule has 22 heavy (non-hydrogen) atoms. The normalized spacial score (nSPS) is 11.7. The highest BCUT2D eigenvalue weighted by molar-refractivity contribution is 5.77. The molecule has 128 valence electrons. The number of hydrogen-bond donors (Lipinski definition) is 4. The summed E-state index contributed by atoms with van der Waals surface area (Å²) in [5.74, 6) is -0.213. The highest BCUT2D eigenvalue weighted by Gasteiger charge is 2.05. The van der Waals surface area contributed by atoms with Gasteiger partial charge in [-0.1, -0.05) is 0 Å². The predicted octanol–water partition coefficient (Wildman–Crippen LogP) is -1.40. The van der Waals surface area contributed by atoms with Crippen LogP contribution in [-0.4, -0.2) is 69.4 Å². The number of carbonyl (C=O) groups excluding carboxylic acids is 3. The SMILES string of the molecule is O=CNCCOCCOCC(=O)NCCCCC(C=O)NO. The fourth-order valence-corrected chi connectivity index (χ4v) is 1.51. The number of amides is 2. The lowest BCUT2D eigenvalue weighted by Gasteiger charge is -2.08. The molecule has 0 spiro atoms. The molecule has 0 aliphatic heterocycles. The van der Waals surface area contributed by atoms with Gasteiger partial charge in [-0.05, 0) is 19.3 Å². The maximum Gasteiger partial charge on any atom is 0.245 e. The van der Waals surface area contributed by atoms with E-state index in [2.05, 4.69) is 10.6 Å². The Balaban J connectivity index is 3.29. The molecule has 9 heteroatoms. The fourth-order valence-electron chi connectivity index (χ4n) is 1.51.